The number of aromatic nitrogens is 1. The Morgan fingerprint density at radius 2 is 2.24 bits per heavy atom. The van der Waals surface area contributed by atoms with Crippen molar-refractivity contribution in [2.24, 2.45) is 0 Å². The van der Waals surface area contributed by atoms with Crippen molar-refractivity contribution in [3.05, 3.63) is 23.5 Å². The number of hydrogen-bond donors (Lipinski definition) is 1. The standard InChI is InChI=1S/C11H15NO5/c1-3-16-7-17-10-5-4-8(11(14)15-2)12-9(10)6-13/h4-5,13H,3,6-7H2,1-2H3. The first-order valence-electron chi connectivity index (χ1n) is 5.12. The van der Waals surface area contributed by atoms with E-state index in [0.717, 1.165) is 0 Å². The maximum absolute atomic E-state index is 11.2. The molecule has 6 heteroatoms. The highest BCUT2D eigenvalue weighted by atomic mass is 16.7. The lowest BCUT2D eigenvalue weighted by molar-refractivity contribution is 0.0208. The van der Waals surface area contributed by atoms with Crippen molar-refractivity contribution in [3.8, 4) is 5.75 Å². The molecule has 0 saturated heterocycles. The van der Waals surface area contributed by atoms with Crippen molar-refractivity contribution in [3.63, 3.8) is 0 Å². The largest absolute Gasteiger partial charge is 0.466 e. The van der Waals surface area contributed by atoms with Gasteiger partial charge in [0, 0.05) is 6.61 Å². The van der Waals surface area contributed by atoms with Crippen LogP contribution in [0, 0.1) is 0 Å². The van der Waals surface area contributed by atoms with Crippen LogP contribution in [0.3, 0.4) is 0 Å². The molecule has 0 aliphatic carbocycles. The number of methoxy groups -OCH3 is 1. The number of ether oxygens (including phenoxy) is 3. The van der Waals surface area contributed by atoms with Gasteiger partial charge in [0.05, 0.1) is 13.7 Å². The van der Waals surface area contributed by atoms with Crippen LogP contribution < -0.4 is 4.74 Å². The summed E-state index contributed by atoms with van der Waals surface area (Å²) in [6.45, 7) is 2.12. The Bertz CT molecular complexity index is 380. The highest BCUT2D eigenvalue weighted by Gasteiger charge is 2.12. The summed E-state index contributed by atoms with van der Waals surface area (Å²) in [5.41, 5.74) is 0.396. The maximum Gasteiger partial charge on any atom is 0.356 e. The first-order valence-corrected chi connectivity index (χ1v) is 5.12. The van der Waals surface area contributed by atoms with Crippen molar-refractivity contribution in [1.29, 1.82) is 0 Å². The van der Waals surface area contributed by atoms with Crippen LogP contribution in [0.25, 0.3) is 0 Å². The maximum atomic E-state index is 11.2. The van der Waals surface area contributed by atoms with Gasteiger partial charge in [0.25, 0.3) is 0 Å². The highest BCUT2D eigenvalue weighted by Crippen LogP contribution is 2.17. The molecule has 1 aromatic rings. The number of carbonyl (C=O) groups is 1. The Hall–Kier alpha value is -1.66. The minimum absolute atomic E-state index is 0.0722. The van der Waals surface area contributed by atoms with Gasteiger partial charge in [-0.1, -0.05) is 0 Å². The van der Waals surface area contributed by atoms with Gasteiger partial charge in [-0.15, -0.1) is 0 Å². The van der Waals surface area contributed by atoms with Gasteiger partial charge in [-0.25, -0.2) is 9.78 Å². The topological polar surface area (TPSA) is 77.9 Å². The summed E-state index contributed by atoms with van der Waals surface area (Å²) in [6, 6.07) is 3.01. The first-order chi connectivity index (χ1) is 8.22. The molecule has 0 radical (unpaired) electrons. The molecule has 94 valence electrons. The Morgan fingerprint density at radius 3 is 2.82 bits per heavy atom. The quantitative estimate of drug-likeness (QED) is 0.449. The van der Waals surface area contributed by atoms with Gasteiger partial charge in [0.2, 0.25) is 0 Å². The summed E-state index contributed by atoms with van der Waals surface area (Å²) in [7, 11) is 1.27. The predicted octanol–water partition coefficient (Wildman–Crippen LogP) is 0.733. The van der Waals surface area contributed by atoms with Gasteiger partial charge in [-0.05, 0) is 19.1 Å². The number of nitrogens with zero attached hydrogens (tertiary/aromatic N) is 1. The van der Waals surface area contributed by atoms with E-state index in [-0.39, 0.29) is 24.8 Å². The molecule has 0 atom stereocenters. The lowest BCUT2D eigenvalue weighted by atomic mass is 10.3. The third kappa shape index (κ3) is 3.69. The molecule has 0 aliphatic heterocycles. The molecule has 0 spiro atoms. The molecule has 1 heterocycles. The average molecular weight is 241 g/mol. The van der Waals surface area contributed by atoms with Crippen LogP contribution in [0.15, 0.2) is 12.1 Å². The smallest absolute Gasteiger partial charge is 0.356 e. The number of esters is 1. The van der Waals surface area contributed by atoms with Gasteiger partial charge in [-0.3, -0.25) is 0 Å². The fourth-order valence-electron chi connectivity index (χ4n) is 1.14. The minimum Gasteiger partial charge on any atom is -0.466 e. The molecule has 0 amide bonds. The van der Waals surface area contributed by atoms with Crippen LogP contribution in [0.4, 0.5) is 0 Å². The molecule has 0 aliphatic rings. The molecular weight excluding hydrogens is 226 g/mol. The Morgan fingerprint density at radius 1 is 1.47 bits per heavy atom. The lowest BCUT2D eigenvalue weighted by Crippen LogP contribution is -2.09. The summed E-state index contributed by atoms with van der Waals surface area (Å²) >= 11 is 0. The zero-order chi connectivity index (χ0) is 12.7. The number of carbonyl (C=O) groups excluding carboxylic acids is 1. The van der Waals surface area contributed by atoms with Gasteiger partial charge in [0.15, 0.2) is 6.79 Å². The molecule has 0 bridgehead atoms. The normalized spacial score (nSPS) is 10.1. The van der Waals surface area contributed by atoms with Crippen LogP contribution in [-0.4, -0.2) is 36.6 Å². The van der Waals surface area contributed by atoms with Crippen LogP contribution in [0.5, 0.6) is 5.75 Å². The minimum atomic E-state index is -0.559. The lowest BCUT2D eigenvalue weighted by Gasteiger charge is -2.10. The van der Waals surface area contributed by atoms with E-state index in [9.17, 15) is 4.79 Å². The number of rotatable bonds is 6. The summed E-state index contributed by atoms with van der Waals surface area (Å²) in [5, 5.41) is 9.12. The Kier molecular flexibility index (Phi) is 5.38. The van der Waals surface area contributed by atoms with Crippen molar-refractivity contribution in [2.45, 2.75) is 13.5 Å². The second-order valence-electron chi connectivity index (χ2n) is 3.05. The molecule has 6 nitrogen and oxygen atoms in total. The van der Waals surface area contributed by atoms with E-state index < -0.39 is 5.97 Å². The second kappa shape index (κ2) is 6.82. The monoisotopic (exact) mass is 241 g/mol. The van der Waals surface area contributed by atoms with Crippen LogP contribution in [0.1, 0.15) is 23.1 Å². The number of hydrogen-bond acceptors (Lipinski definition) is 6. The van der Waals surface area contributed by atoms with Crippen molar-refractivity contribution >= 4 is 5.97 Å². The summed E-state index contributed by atoms with van der Waals surface area (Å²) in [4.78, 5) is 15.2. The molecule has 0 aromatic carbocycles. The molecule has 1 rings (SSSR count). The van der Waals surface area contributed by atoms with E-state index in [1.807, 2.05) is 6.92 Å². The highest BCUT2D eigenvalue weighted by molar-refractivity contribution is 5.87. The Balaban J connectivity index is 2.81. The van der Waals surface area contributed by atoms with Crippen LogP contribution in [-0.2, 0) is 16.1 Å². The average Bonchev–Trinajstić information content (AvgIpc) is 2.38. The predicted molar refractivity (Wildman–Crippen MR) is 58.6 cm³/mol. The van der Waals surface area contributed by atoms with E-state index in [1.165, 1.54) is 13.2 Å². The fourth-order valence-corrected chi connectivity index (χ4v) is 1.14. The van der Waals surface area contributed by atoms with Crippen molar-refractivity contribution < 1.29 is 24.1 Å². The van der Waals surface area contributed by atoms with E-state index >= 15 is 0 Å². The molecule has 0 fully saturated rings. The molecule has 17 heavy (non-hydrogen) atoms. The molecular formula is C11H15NO5. The summed E-state index contributed by atoms with van der Waals surface area (Å²) in [5.74, 6) is -0.176. The van der Waals surface area contributed by atoms with E-state index in [4.69, 9.17) is 14.6 Å². The van der Waals surface area contributed by atoms with Crippen molar-refractivity contribution in [1.82, 2.24) is 4.98 Å². The summed E-state index contributed by atoms with van der Waals surface area (Å²) in [6.07, 6.45) is 0. The van der Waals surface area contributed by atoms with E-state index in [2.05, 4.69) is 9.72 Å². The van der Waals surface area contributed by atoms with Gasteiger partial charge >= 0.3 is 5.97 Å². The zero-order valence-electron chi connectivity index (χ0n) is 9.80. The van der Waals surface area contributed by atoms with Gasteiger partial charge in [0.1, 0.15) is 17.1 Å². The molecule has 1 aromatic heterocycles. The summed E-state index contributed by atoms with van der Waals surface area (Å²) < 4.78 is 14.8. The SMILES string of the molecule is CCOCOc1ccc(C(=O)OC)nc1CO. The molecule has 1 N–H and O–H groups in total. The van der Waals surface area contributed by atoms with Gasteiger partial charge in [-0.2, -0.15) is 0 Å². The zero-order valence-corrected chi connectivity index (χ0v) is 9.80. The van der Waals surface area contributed by atoms with Gasteiger partial charge < -0.3 is 19.3 Å². The van der Waals surface area contributed by atoms with E-state index in [1.54, 1.807) is 6.07 Å². The second-order valence-corrected chi connectivity index (χ2v) is 3.05. The van der Waals surface area contributed by atoms with Crippen LogP contribution >= 0.6 is 0 Å². The first kappa shape index (κ1) is 13.4. The fraction of sp³-hybridized carbons (Fsp3) is 0.455. The number of aliphatic hydroxyl groups excluding tert-OH is 1. The van der Waals surface area contributed by atoms with Crippen molar-refractivity contribution in [2.75, 3.05) is 20.5 Å². The number of pyridine rings is 1. The molecule has 0 saturated carbocycles. The third-order valence-corrected chi connectivity index (χ3v) is 1.98. The number of aliphatic hydroxyl groups is 1. The Labute approximate surface area is 99.1 Å². The van der Waals surface area contributed by atoms with E-state index in [0.29, 0.717) is 12.4 Å². The molecule has 0 unspecified atom stereocenters. The third-order valence-electron chi connectivity index (χ3n) is 1.98. The van der Waals surface area contributed by atoms with Crippen LogP contribution in [0.2, 0.25) is 0 Å².